The number of hydrogen-bond donors (Lipinski definition) is 3. The predicted octanol–water partition coefficient (Wildman–Crippen LogP) is 4.03. The quantitative estimate of drug-likeness (QED) is 0.391. The zero-order chi connectivity index (χ0) is 23.0. The summed E-state index contributed by atoms with van der Waals surface area (Å²) in [6, 6.07) is 9.19. The van der Waals surface area contributed by atoms with Crippen molar-refractivity contribution in [2.75, 3.05) is 10.0 Å². The van der Waals surface area contributed by atoms with Gasteiger partial charge in [-0.3, -0.25) is 14.2 Å². The highest BCUT2D eigenvalue weighted by atomic mass is 35.5. The van der Waals surface area contributed by atoms with E-state index in [0.29, 0.717) is 16.7 Å². The molecular weight excluding hydrogens is 452 g/mol. The molecule has 4 aromatic rings. The number of H-pyrrole nitrogens is 1. The molecule has 32 heavy (non-hydrogen) atoms. The Kier molecular flexibility index (Phi) is 5.66. The lowest BCUT2D eigenvalue weighted by atomic mass is 10.2. The molecule has 4 rings (SSSR count). The molecule has 9 nitrogen and oxygen atoms in total. The Hall–Kier alpha value is -3.37. The summed E-state index contributed by atoms with van der Waals surface area (Å²) >= 11 is 6.32. The number of carbonyl (C=O) groups is 1. The Morgan fingerprint density at radius 2 is 2.00 bits per heavy atom. The van der Waals surface area contributed by atoms with Crippen molar-refractivity contribution < 1.29 is 13.2 Å². The molecule has 1 unspecified atom stereocenters. The Morgan fingerprint density at radius 1 is 1.22 bits per heavy atom. The van der Waals surface area contributed by atoms with E-state index >= 15 is 0 Å². The van der Waals surface area contributed by atoms with E-state index in [1.54, 1.807) is 36.0 Å². The fourth-order valence-electron chi connectivity index (χ4n) is 3.43. The first-order chi connectivity index (χ1) is 15.2. The lowest BCUT2D eigenvalue weighted by molar-refractivity contribution is -0.119. The average Bonchev–Trinajstić information content (AvgIpc) is 3.32. The topological polar surface area (TPSA) is 122 Å². The van der Waals surface area contributed by atoms with Gasteiger partial charge in [-0.25, -0.2) is 13.4 Å². The van der Waals surface area contributed by atoms with Crippen molar-refractivity contribution in [1.29, 1.82) is 0 Å². The van der Waals surface area contributed by atoms with Crippen LogP contribution in [0.4, 0.5) is 11.4 Å². The van der Waals surface area contributed by atoms with Crippen molar-refractivity contribution in [2.24, 2.45) is 0 Å². The third-order valence-corrected chi connectivity index (χ3v) is 6.71. The molecule has 3 heterocycles. The largest absolute Gasteiger partial charge is 0.345 e. The van der Waals surface area contributed by atoms with E-state index in [1.165, 1.54) is 18.3 Å². The Labute approximate surface area is 189 Å². The number of halogens is 1. The second-order valence-corrected chi connectivity index (χ2v) is 9.45. The van der Waals surface area contributed by atoms with E-state index in [4.69, 9.17) is 11.6 Å². The van der Waals surface area contributed by atoms with Gasteiger partial charge in [-0.15, -0.1) is 0 Å². The van der Waals surface area contributed by atoms with E-state index in [-0.39, 0.29) is 21.5 Å². The molecule has 0 fully saturated rings. The van der Waals surface area contributed by atoms with Crippen molar-refractivity contribution in [2.45, 2.75) is 31.7 Å². The van der Waals surface area contributed by atoms with Crippen molar-refractivity contribution in [1.82, 2.24) is 19.7 Å². The molecule has 1 atom stereocenters. The van der Waals surface area contributed by atoms with Crippen LogP contribution >= 0.6 is 11.6 Å². The minimum absolute atomic E-state index is 0.0767. The van der Waals surface area contributed by atoms with Gasteiger partial charge in [0.15, 0.2) is 0 Å². The van der Waals surface area contributed by atoms with Crippen LogP contribution in [0.15, 0.2) is 53.7 Å². The number of sulfonamides is 1. The molecular formula is C21H21ClN6O3S. The number of amides is 1. The first-order valence-corrected chi connectivity index (χ1v) is 11.6. The van der Waals surface area contributed by atoms with Gasteiger partial charge in [0.05, 0.1) is 22.1 Å². The van der Waals surface area contributed by atoms with Crippen LogP contribution in [0.1, 0.15) is 24.4 Å². The maximum absolute atomic E-state index is 12.8. The zero-order valence-electron chi connectivity index (χ0n) is 17.5. The molecule has 0 radical (unpaired) electrons. The maximum Gasteiger partial charge on any atom is 0.264 e. The fourth-order valence-corrected chi connectivity index (χ4v) is 4.87. The molecule has 166 valence electrons. The molecule has 1 amide bonds. The minimum atomic E-state index is -3.88. The molecule has 0 spiro atoms. The summed E-state index contributed by atoms with van der Waals surface area (Å²) in [6.07, 6.45) is 2.96. The number of rotatable bonds is 6. The van der Waals surface area contributed by atoms with Gasteiger partial charge >= 0.3 is 0 Å². The summed E-state index contributed by atoms with van der Waals surface area (Å²) in [7, 11) is -3.88. The standard InChI is InChI=1S/C21H21ClN6O3S/c1-12-9-13(2)28(26-12)14(3)21(29)25-18-7-6-15(10-17(18)22)27-32(30,31)19-11-24-20-16(19)5-4-8-23-20/h4-11,14,27H,1-3H3,(H,23,24)(H,25,29). The summed E-state index contributed by atoms with van der Waals surface area (Å²) < 4.78 is 29.8. The van der Waals surface area contributed by atoms with Crippen LogP contribution in [0, 0.1) is 13.8 Å². The van der Waals surface area contributed by atoms with Crippen molar-refractivity contribution >= 4 is 49.9 Å². The third kappa shape index (κ3) is 4.19. The monoisotopic (exact) mass is 472 g/mol. The number of pyridine rings is 1. The molecule has 3 aromatic heterocycles. The lowest BCUT2D eigenvalue weighted by Crippen LogP contribution is -2.25. The second kappa shape index (κ2) is 8.29. The maximum atomic E-state index is 12.8. The van der Waals surface area contributed by atoms with E-state index in [1.807, 2.05) is 19.9 Å². The van der Waals surface area contributed by atoms with Crippen LogP contribution in [0.5, 0.6) is 0 Å². The average molecular weight is 473 g/mol. The first kappa shape index (κ1) is 21.8. The summed E-state index contributed by atoms with van der Waals surface area (Å²) in [4.78, 5) is 19.7. The summed E-state index contributed by atoms with van der Waals surface area (Å²) in [5.74, 6) is -0.294. The second-order valence-electron chi connectivity index (χ2n) is 7.39. The van der Waals surface area contributed by atoms with Gasteiger partial charge < -0.3 is 10.3 Å². The summed E-state index contributed by atoms with van der Waals surface area (Å²) in [5, 5.41) is 7.77. The molecule has 0 saturated carbocycles. The van der Waals surface area contributed by atoms with E-state index in [9.17, 15) is 13.2 Å². The Morgan fingerprint density at radius 3 is 2.69 bits per heavy atom. The van der Waals surface area contributed by atoms with Crippen LogP contribution < -0.4 is 10.0 Å². The molecule has 0 aliphatic carbocycles. The number of anilines is 2. The number of aryl methyl sites for hydroxylation is 2. The Bertz CT molecular complexity index is 1430. The van der Waals surface area contributed by atoms with Crippen LogP contribution in [-0.2, 0) is 14.8 Å². The highest BCUT2D eigenvalue weighted by Crippen LogP contribution is 2.29. The lowest BCUT2D eigenvalue weighted by Gasteiger charge is -2.16. The SMILES string of the molecule is Cc1cc(C)n(C(C)C(=O)Nc2ccc(NS(=O)(=O)c3c[nH]c4ncccc34)cc2Cl)n1. The molecule has 1 aromatic carbocycles. The van der Waals surface area contributed by atoms with Gasteiger partial charge in [0, 0.05) is 23.5 Å². The highest BCUT2D eigenvalue weighted by Gasteiger charge is 2.21. The van der Waals surface area contributed by atoms with E-state index in [2.05, 4.69) is 25.1 Å². The van der Waals surface area contributed by atoms with Gasteiger partial charge in [0.1, 0.15) is 16.6 Å². The predicted molar refractivity (Wildman–Crippen MR) is 123 cm³/mol. The molecule has 0 aliphatic rings. The van der Waals surface area contributed by atoms with Crippen molar-refractivity contribution in [3.8, 4) is 0 Å². The van der Waals surface area contributed by atoms with Gasteiger partial charge in [0.25, 0.3) is 10.0 Å². The molecule has 0 aliphatic heterocycles. The number of nitrogens with one attached hydrogen (secondary N) is 3. The third-order valence-electron chi connectivity index (χ3n) is 4.97. The van der Waals surface area contributed by atoms with Gasteiger partial charge in [0.2, 0.25) is 5.91 Å². The summed E-state index contributed by atoms with van der Waals surface area (Å²) in [5.41, 5.74) is 2.79. The molecule has 0 saturated heterocycles. The molecule has 11 heteroatoms. The number of benzene rings is 1. The van der Waals surface area contributed by atoms with Crippen LogP contribution in [0.3, 0.4) is 0 Å². The van der Waals surface area contributed by atoms with Crippen LogP contribution in [0.2, 0.25) is 5.02 Å². The van der Waals surface area contributed by atoms with E-state index < -0.39 is 16.1 Å². The summed E-state index contributed by atoms with van der Waals surface area (Å²) in [6.45, 7) is 5.47. The number of aromatic nitrogens is 4. The van der Waals surface area contributed by atoms with E-state index in [0.717, 1.165) is 11.4 Å². The number of nitrogens with zero attached hydrogens (tertiary/aromatic N) is 3. The molecule has 0 bridgehead atoms. The van der Waals surface area contributed by atoms with Crippen molar-refractivity contribution in [3.05, 3.63) is 65.2 Å². The zero-order valence-corrected chi connectivity index (χ0v) is 19.1. The van der Waals surface area contributed by atoms with Crippen LogP contribution in [-0.4, -0.2) is 34.1 Å². The van der Waals surface area contributed by atoms with Gasteiger partial charge in [-0.05, 0) is 57.2 Å². The van der Waals surface area contributed by atoms with Crippen LogP contribution in [0.25, 0.3) is 11.0 Å². The van der Waals surface area contributed by atoms with Gasteiger partial charge in [-0.1, -0.05) is 11.6 Å². The minimum Gasteiger partial charge on any atom is -0.345 e. The first-order valence-electron chi connectivity index (χ1n) is 9.74. The Balaban J connectivity index is 1.52. The number of fused-ring (bicyclic) bond motifs is 1. The van der Waals surface area contributed by atoms with Crippen molar-refractivity contribution in [3.63, 3.8) is 0 Å². The highest BCUT2D eigenvalue weighted by molar-refractivity contribution is 7.93. The number of carbonyl (C=O) groups excluding carboxylic acids is 1. The number of hydrogen-bond acceptors (Lipinski definition) is 5. The number of aromatic amines is 1. The smallest absolute Gasteiger partial charge is 0.264 e. The van der Waals surface area contributed by atoms with Gasteiger partial charge in [-0.2, -0.15) is 5.10 Å². The normalized spacial score (nSPS) is 12.6. The molecule has 3 N–H and O–H groups in total. The fraction of sp³-hybridized carbons (Fsp3) is 0.190.